The minimum Gasteiger partial charge on any atom is -0.444 e. The Bertz CT molecular complexity index is 467. The number of carbonyl (C=O) groups is 1. The molecule has 0 saturated heterocycles. The maximum absolute atomic E-state index is 11.6. The van der Waals surface area contributed by atoms with Gasteiger partial charge < -0.3 is 9.84 Å². The summed E-state index contributed by atoms with van der Waals surface area (Å²) in [7, 11) is 0. The number of rotatable bonds is 4. The Morgan fingerprint density at radius 2 is 2.10 bits per heavy atom. The smallest absolute Gasteiger partial charge is 0.412 e. The highest BCUT2D eigenvalue weighted by Crippen LogP contribution is 2.23. The van der Waals surface area contributed by atoms with E-state index in [-0.39, 0.29) is 6.10 Å². The van der Waals surface area contributed by atoms with Crippen molar-refractivity contribution in [1.82, 2.24) is 0 Å². The van der Waals surface area contributed by atoms with Crippen molar-refractivity contribution in [3.63, 3.8) is 0 Å². The maximum atomic E-state index is 11.6. The van der Waals surface area contributed by atoms with Crippen LogP contribution in [0.2, 0.25) is 5.02 Å². The van der Waals surface area contributed by atoms with Crippen LogP contribution >= 0.6 is 11.6 Å². The normalized spacial score (nSPS) is 12.9. The maximum Gasteiger partial charge on any atom is 0.412 e. The van der Waals surface area contributed by atoms with Crippen LogP contribution in [-0.2, 0) is 11.2 Å². The average Bonchev–Trinajstić information content (AvgIpc) is 2.24. The molecule has 0 unspecified atom stereocenters. The molecule has 1 aromatic carbocycles. The number of carbonyl (C=O) groups excluding carboxylic acids is 1. The molecule has 0 aliphatic carbocycles. The SMILES string of the molecule is C[C@H](O)CCc1ccc(NC(=O)OC(C)(C)C)cc1Cl. The highest BCUT2D eigenvalue weighted by atomic mass is 35.5. The molecule has 1 rings (SSSR count). The lowest BCUT2D eigenvalue weighted by atomic mass is 10.1. The molecule has 20 heavy (non-hydrogen) atoms. The largest absolute Gasteiger partial charge is 0.444 e. The van der Waals surface area contributed by atoms with Crippen LogP contribution in [-0.4, -0.2) is 22.9 Å². The van der Waals surface area contributed by atoms with Gasteiger partial charge in [0.1, 0.15) is 5.60 Å². The lowest BCUT2D eigenvalue weighted by Gasteiger charge is -2.19. The molecule has 0 heterocycles. The van der Waals surface area contributed by atoms with Gasteiger partial charge in [0.25, 0.3) is 0 Å². The van der Waals surface area contributed by atoms with E-state index in [1.807, 2.05) is 6.07 Å². The molecule has 0 fully saturated rings. The van der Waals surface area contributed by atoms with Gasteiger partial charge in [0.15, 0.2) is 0 Å². The summed E-state index contributed by atoms with van der Waals surface area (Å²) in [4.78, 5) is 11.6. The quantitative estimate of drug-likeness (QED) is 0.883. The molecule has 0 aliphatic heterocycles. The first-order valence-corrected chi connectivity index (χ1v) is 7.01. The third-order valence-electron chi connectivity index (χ3n) is 2.53. The second-order valence-electron chi connectivity index (χ2n) is 5.82. The molecule has 5 heteroatoms. The van der Waals surface area contributed by atoms with Crippen LogP contribution in [0.15, 0.2) is 18.2 Å². The second-order valence-corrected chi connectivity index (χ2v) is 6.23. The third-order valence-corrected chi connectivity index (χ3v) is 2.88. The Kier molecular flexibility index (Phi) is 5.84. The highest BCUT2D eigenvalue weighted by Gasteiger charge is 2.16. The van der Waals surface area contributed by atoms with E-state index in [0.29, 0.717) is 23.6 Å². The van der Waals surface area contributed by atoms with E-state index in [9.17, 15) is 9.90 Å². The van der Waals surface area contributed by atoms with Crippen molar-refractivity contribution in [2.45, 2.75) is 52.2 Å². The van der Waals surface area contributed by atoms with Crippen LogP contribution in [0.1, 0.15) is 39.7 Å². The first-order chi connectivity index (χ1) is 9.17. The summed E-state index contributed by atoms with van der Waals surface area (Å²) >= 11 is 6.16. The zero-order valence-corrected chi connectivity index (χ0v) is 13.1. The van der Waals surface area contributed by atoms with Crippen molar-refractivity contribution in [3.05, 3.63) is 28.8 Å². The first-order valence-electron chi connectivity index (χ1n) is 6.64. The molecule has 2 N–H and O–H groups in total. The monoisotopic (exact) mass is 299 g/mol. The van der Waals surface area contributed by atoms with Gasteiger partial charge >= 0.3 is 6.09 Å². The van der Waals surface area contributed by atoms with Crippen LogP contribution in [0.4, 0.5) is 10.5 Å². The number of hydrogen-bond donors (Lipinski definition) is 2. The van der Waals surface area contributed by atoms with Crippen LogP contribution in [0.25, 0.3) is 0 Å². The number of ether oxygens (including phenoxy) is 1. The van der Waals surface area contributed by atoms with Crippen LogP contribution in [0, 0.1) is 0 Å². The Morgan fingerprint density at radius 3 is 2.60 bits per heavy atom. The van der Waals surface area contributed by atoms with Gasteiger partial charge in [-0.05, 0) is 58.2 Å². The number of aryl methyl sites for hydroxylation is 1. The van der Waals surface area contributed by atoms with Gasteiger partial charge in [-0.15, -0.1) is 0 Å². The Hall–Kier alpha value is -1.26. The van der Waals surface area contributed by atoms with Crippen molar-refractivity contribution < 1.29 is 14.6 Å². The van der Waals surface area contributed by atoms with Crippen molar-refractivity contribution >= 4 is 23.4 Å². The highest BCUT2D eigenvalue weighted by molar-refractivity contribution is 6.31. The molecule has 1 aromatic rings. The molecule has 4 nitrogen and oxygen atoms in total. The lowest BCUT2D eigenvalue weighted by Crippen LogP contribution is -2.27. The Labute approximate surface area is 125 Å². The van der Waals surface area contributed by atoms with Crippen molar-refractivity contribution in [2.75, 3.05) is 5.32 Å². The number of hydrogen-bond acceptors (Lipinski definition) is 3. The molecular formula is C15H22ClNO3. The molecule has 0 saturated carbocycles. The summed E-state index contributed by atoms with van der Waals surface area (Å²) in [6.45, 7) is 7.16. The minimum absolute atomic E-state index is 0.356. The average molecular weight is 300 g/mol. The van der Waals surface area contributed by atoms with Gasteiger partial charge in [-0.25, -0.2) is 4.79 Å². The fourth-order valence-corrected chi connectivity index (χ4v) is 1.89. The summed E-state index contributed by atoms with van der Waals surface area (Å²) in [5, 5.41) is 12.5. The van der Waals surface area contributed by atoms with E-state index in [0.717, 1.165) is 5.56 Å². The molecule has 0 bridgehead atoms. The molecule has 0 spiro atoms. The number of nitrogens with one attached hydrogen (secondary N) is 1. The summed E-state index contributed by atoms with van der Waals surface area (Å²) in [5.41, 5.74) is 0.998. The summed E-state index contributed by atoms with van der Waals surface area (Å²) < 4.78 is 5.16. The molecule has 112 valence electrons. The lowest BCUT2D eigenvalue weighted by molar-refractivity contribution is 0.0636. The van der Waals surface area contributed by atoms with Gasteiger partial charge in [-0.3, -0.25) is 5.32 Å². The van der Waals surface area contributed by atoms with Gasteiger partial charge in [-0.1, -0.05) is 17.7 Å². The van der Waals surface area contributed by atoms with Crippen LogP contribution < -0.4 is 5.32 Å². The number of amides is 1. The third kappa shape index (κ3) is 6.26. The van der Waals surface area contributed by atoms with E-state index in [4.69, 9.17) is 16.3 Å². The molecule has 1 atom stereocenters. The summed E-state index contributed by atoms with van der Waals surface area (Å²) in [6.07, 6.45) is 0.484. The predicted octanol–water partition coefficient (Wildman–Crippen LogP) is 4.00. The number of benzene rings is 1. The van der Waals surface area contributed by atoms with Crippen molar-refractivity contribution in [3.8, 4) is 0 Å². The zero-order valence-electron chi connectivity index (χ0n) is 12.4. The topological polar surface area (TPSA) is 58.6 Å². The van der Waals surface area contributed by atoms with Crippen LogP contribution in [0.3, 0.4) is 0 Å². The van der Waals surface area contributed by atoms with Gasteiger partial charge in [0.2, 0.25) is 0 Å². The summed E-state index contributed by atoms with van der Waals surface area (Å²) in [5.74, 6) is 0. The molecule has 0 aromatic heterocycles. The fourth-order valence-electron chi connectivity index (χ4n) is 1.61. The van der Waals surface area contributed by atoms with E-state index in [1.54, 1.807) is 39.8 Å². The molecule has 0 aliphatic rings. The van der Waals surface area contributed by atoms with E-state index < -0.39 is 11.7 Å². The van der Waals surface area contributed by atoms with E-state index in [2.05, 4.69) is 5.32 Å². The number of aliphatic hydroxyl groups is 1. The van der Waals surface area contributed by atoms with Gasteiger partial charge in [0, 0.05) is 10.7 Å². The standard InChI is InChI=1S/C15H22ClNO3/c1-10(18)5-6-11-7-8-12(9-13(11)16)17-14(19)20-15(2,3)4/h7-10,18H,5-6H2,1-4H3,(H,17,19)/t10-/m0/s1. The fraction of sp³-hybridized carbons (Fsp3) is 0.533. The second kappa shape index (κ2) is 6.95. The zero-order chi connectivity index (χ0) is 15.3. The Balaban J connectivity index is 2.65. The van der Waals surface area contributed by atoms with Crippen molar-refractivity contribution in [1.29, 1.82) is 0 Å². The first kappa shape index (κ1) is 16.8. The number of halogens is 1. The Morgan fingerprint density at radius 1 is 1.45 bits per heavy atom. The van der Waals surface area contributed by atoms with Crippen LogP contribution in [0.5, 0.6) is 0 Å². The number of anilines is 1. The van der Waals surface area contributed by atoms with E-state index >= 15 is 0 Å². The van der Waals surface area contributed by atoms with Crippen molar-refractivity contribution in [2.24, 2.45) is 0 Å². The minimum atomic E-state index is -0.537. The molecule has 1 amide bonds. The molecule has 0 radical (unpaired) electrons. The van der Waals surface area contributed by atoms with Gasteiger partial charge in [-0.2, -0.15) is 0 Å². The summed E-state index contributed by atoms with van der Waals surface area (Å²) in [6, 6.07) is 5.30. The van der Waals surface area contributed by atoms with E-state index in [1.165, 1.54) is 0 Å². The molecular weight excluding hydrogens is 278 g/mol. The number of aliphatic hydroxyl groups excluding tert-OH is 1. The predicted molar refractivity (Wildman–Crippen MR) is 81.3 cm³/mol. The van der Waals surface area contributed by atoms with Gasteiger partial charge in [0.05, 0.1) is 6.10 Å².